The van der Waals surface area contributed by atoms with E-state index < -0.39 is 18.1 Å². The molecular weight excluding hydrogens is 240 g/mol. The smallest absolute Gasteiger partial charge is 0.321 e. The molecule has 1 aromatic heterocycles. The van der Waals surface area contributed by atoms with Crippen LogP contribution in [0.3, 0.4) is 0 Å². The zero-order valence-electron chi connectivity index (χ0n) is 9.67. The minimum Gasteiger partial charge on any atom is -0.480 e. The number of rotatable bonds is 4. The summed E-state index contributed by atoms with van der Waals surface area (Å²) < 4.78 is 0. The Labute approximate surface area is 104 Å². The van der Waals surface area contributed by atoms with E-state index in [-0.39, 0.29) is 0 Å². The highest BCUT2D eigenvalue weighted by atomic mass is 32.1. The van der Waals surface area contributed by atoms with Gasteiger partial charge in [0, 0.05) is 24.9 Å². The lowest BCUT2D eigenvalue weighted by Gasteiger charge is -2.19. The highest BCUT2D eigenvalue weighted by Crippen LogP contribution is 2.21. The fourth-order valence-electron chi connectivity index (χ4n) is 2.10. The van der Waals surface area contributed by atoms with Crippen molar-refractivity contribution in [3.05, 3.63) is 16.1 Å². The highest BCUT2D eigenvalue weighted by Gasteiger charge is 2.36. The van der Waals surface area contributed by atoms with Crippen LogP contribution >= 0.6 is 11.3 Å². The van der Waals surface area contributed by atoms with E-state index >= 15 is 0 Å². The number of aryl methyl sites for hydroxylation is 1. The Morgan fingerprint density at radius 1 is 1.71 bits per heavy atom. The molecule has 2 N–H and O–H groups in total. The first-order valence-electron chi connectivity index (χ1n) is 5.68. The van der Waals surface area contributed by atoms with Crippen LogP contribution in [0.25, 0.3) is 0 Å². The Bertz CT molecular complexity index is 407. The summed E-state index contributed by atoms with van der Waals surface area (Å²) in [6, 6.07) is -0.586. The molecular formula is C11H16N2O3S. The topological polar surface area (TPSA) is 73.7 Å². The number of thiazole rings is 1. The number of β-amino-alcohol motifs (C(OH)–C–C–N with tert-alkyl or cyclic N) is 1. The van der Waals surface area contributed by atoms with Crippen LogP contribution < -0.4 is 0 Å². The Balaban J connectivity index is 2.04. The van der Waals surface area contributed by atoms with Crippen molar-refractivity contribution in [3.8, 4) is 0 Å². The van der Waals surface area contributed by atoms with Crippen LogP contribution in [0.4, 0.5) is 0 Å². The number of nitrogens with zero attached hydrogens (tertiary/aromatic N) is 2. The number of carboxylic acids is 1. The predicted octanol–water partition coefficient (Wildman–Crippen LogP) is 0.725. The van der Waals surface area contributed by atoms with Gasteiger partial charge in [0.25, 0.3) is 0 Å². The van der Waals surface area contributed by atoms with E-state index in [1.54, 1.807) is 16.2 Å². The molecule has 2 unspecified atom stereocenters. The first kappa shape index (κ1) is 12.5. The van der Waals surface area contributed by atoms with Crippen molar-refractivity contribution in [2.75, 3.05) is 6.54 Å². The molecule has 0 aromatic carbocycles. The summed E-state index contributed by atoms with van der Waals surface area (Å²) in [6.07, 6.45) is 0.663. The van der Waals surface area contributed by atoms with E-state index in [0.717, 1.165) is 17.1 Å². The average Bonchev–Trinajstić information content (AvgIpc) is 2.85. The van der Waals surface area contributed by atoms with Crippen LogP contribution in [0.5, 0.6) is 0 Å². The summed E-state index contributed by atoms with van der Waals surface area (Å²) in [6.45, 7) is 2.96. The van der Waals surface area contributed by atoms with Crippen molar-refractivity contribution in [2.24, 2.45) is 0 Å². The van der Waals surface area contributed by atoms with Crippen LogP contribution in [0.2, 0.25) is 0 Å². The molecule has 1 aliphatic rings. The zero-order chi connectivity index (χ0) is 12.4. The second kappa shape index (κ2) is 5.12. The summed E-state index contributed by atoms with van der Waals surface area (Å²) in [5.74, 6) is -0.868. The van der Waals surface area contributed by atoms with Gasteiger partial charge < -0.3 is 10.2 Å². The summed E-state index contributed by atoms with van der Waals surface area (Å²) in [4.78, 5) is 17.2. The molecule has 0 amide bonds. The molecule has 5 nitrogen and oxygen atoms in total. The van der Waals surface area contributed by atoms with Crippen LogP contribution in [-0.4, -0.2) is 44.8 Å². The van der Waals surface area contributed by atoms with E-state index in [4.69, 9.17) is 5.11 Å². The van der Waals surface area contributed by atoms with Gasteiger partial charge in [-0.15, -0.1) is 11.3 Å². The molecule has 1 aliphatic heterocycles. The molecule has 0 radical (unpaired) electrons. The van der Waals surface area contributed by atoms with Gasteiger partial charge >= 0.3 is 5.97 Å². The molecule has 0 aliphatic carbocycles. The summed E-state index contributed by atoms with van der Waals surface area (Å²) in [5, 5.41) is 21.6. The van der Waals surface area contributed by atoms with Gasteiger partial charge in [0.1, 0.15) is 6.04 Å². The third-order valence-electron chi connectivity index (χ3n) is 2.93. The van der Waals surface area contributed by atoms with Crippen LogP contribution in [-0.2, 0) is 17.8 Å². The molecule has 0 spiro atoms. The van der Waals surface area contributed by atoms with Crippen molar-refractivity contribution in [1.82, 2.24) is 9.88 Å². The van der Waals surface area contributed by atoms with Crippen molar-refractivity contribution in [3.63, 3.8) is 0 Å². The molecule has 17 heavy (non-hydrogen) atoms. The first-order valence-corrected chi connectivity index (χ1v) is 6.56. The molecule has 0 saturated carbocycles. The second-order valence-electron chi connectivity index (χ2n) is 4.26. The molecule has 1 aromatic rings. The standard InChI is InChI=1S/C11H16N2O3S/c1-2-10-12-7(6-17-10)4-13-5-8(14)3-9(13)11(15)16/h6,8-9,14H,2-5H2,1H3,(H,15,16). The third kappa shape index (κ3) is 2.83. The number of likely N-dealkylation sites (tertiary alicyclic amines) is 1. The number of hydrogen-bond donors (Lipinski definition) is 2. The zero-order valence-corrected chi connectivity index (χ0v) is 10.5. The van der Waals surface area contributed by atoms with Gasteiger partial charge in [-0.2, -0.15) is 0 Å². The van der Waals surface area contributed by atoms with E-state index in [1.165, 1.54) is 0 Å². The molecule has 2 rings (SSSR count). The minimum absolute atomic E-state index is 0.306. The van der Waals surface area contributed by atoms with Gasteiger partial charge in [-0.25, -0.2) is 4.98 Å². The molecule has 6 heteroatoms. The Hall–Kier alpha value is -0.980. The minimum atomic E-state index is -0.868. The number of aromatic nitrogens is 1. The Morgan fingerprint density at radius 3 is 3.06 bits per heavy atom. The van der Waals surface area contributed by atoms with Crippen LogP contribution in [0.15, 0.2) is 5.38 Å². The molecule has 2 heterocycles. The number of carboxylic acid groups (broad SMARTS) is 1. The number of carbonyl (C=O) groups is 1. The van der Waals surface area contributed by atoms with Gasteiger partial charge in [0.2, 0.25) is 0 Å². The lowest BCUT2D eigenvalue weighted by Crippen LogP contribution is -2.35. The maximum Gasteiger partial charge on any atom is 0.321 e. The second-order valence-corrected chi connectivity index (χ2v) is 5.20. The van der Waals surface area contributed by atoms with Crippen molar-refractivity contribution < 1.29 is 15.0 Å². The molecule has 94 valence electrons. The van der Waals surface area contributed by atoms with E-state index in [9.17, 15) is 9.90 Å². The third-order valence-corrected chi connectivity index (χ3v) is 3.98. The van der Waals surface area contributed by atoms with E-state index in [0.29, 0.717) is 19.5 Å². The molecule has 1 saturated heterocycles. The highest BCUT2D eigenvalue weighted by molar-refractivity contribution is 7.09. The number of hydrogen-bond acceptors (Lipinski definition) is 5. The van der Waals surface area contributed by atoms with Gasteiger partial charge in [-0.05, 0) is 6.42 Å². The fourth-order valence-corrected chi connectivity index (χ4v) is 2.84. The largest absolute Gasteiger partial charge is 0.480 e. The normalized spacial score (nSPS) is 25.3. The molecule has 0 bridgehead atoms. The SMILES string of the molecule is CCc1nc(CN2CC(O)CC2C(=O)O)cs1. The Kier molecular flexibility index (Phi) is 3.76. The quantitative estimate of drug-likeness (QED) is 0.830. The summed E-state index contributed by atoms with van der Waals surface area (Å²) in [5.41, 5.74) is 0.896. The lowest BCUT2D eigenvalue weighted by molar-refractivity contribution is -0.142. The lowest BCUT2D eigenvalue weighted by atomic mass is 10.2. The molecule has 2 atom stereocenters. The maximum atomic E-state index is 11.0. The van der Waals surface area contributed by atoms with Gasteiger partial charge in [0.15, 0.2) is 0 Å². The van der Waals surface area contributed by atoms with Crippen LogP contribution in [0.1, 0.15) is 24.0 Å². The van der Waals surface area contributed by atoms with Gasteiger partial charge in [-0.3, -0.25) is 9.69 Å². The van der Waals surface area contributed by atoms with Gasteiger partial charge in [-0.1, -0.05) is 6.92 Å². The maximum absolute atomic E-state index is 11.0. The molecule has 1 fully saturated rings. The van der Waals surface area contributed by atoms with E-state index in [2.05, 4.69) is 4.98 Å². The van der Waals surface area contributed by atoms with E-state index in [1.807, 2.05) is 12.3 Å². The van der Waals surface area contributed by atoms with Crippen molar-refractivity contribution in [2.45, 2.75) is 38.5 Å². The average molecular weight is 256 g/mol. The Morgan fingerprint density at radius 2 is 2.47 bits per heavy atom. The van der Waals surface area contributed by atoms with Gasteiger partial charge in [0.05, 0.1) is 16.8 Å². The monoisotopic (exact) mass is 256 g/mol. The summed E-state index contributed by atoms with van der Waals surface area (Å²) in [7, 11) is 0. The first-order chi connectivity index (χ1) is 8.10. The number of aliphatic hydroxyl groups excluding tert-OH is 1. The fraction of sp³-hybridized carbons (Fsp3) is 0.636. The van der Waals surface area contributed by atoms with Crippen molar-refractivity contribution in [1.29, 1.82) is 0 Å². The number of aliphatic hydroxyl groups is 1. The predicted molar refractivity (Wildman–Crippen MR) is 63.9 cm³/mol. The van der Waals surface area contributed by atoms with Crippen LogP contribution in [0, 0.1) is 0 Å². The van der Waals surface area contributed by atoms with Crippen molar-refractivity contribution >= 4 is 17.3 Å². The summed E-state index contributed by atoms with van der Waals surface area (Å²) >= 11 is 1.60. The number of aliphatic carboxylic acids is 1.